The minimum atomic E-state index is -0.769. The number of carbonyl (C=O) groups excluding carboxylic acids is 1. The average Bonchev–Trinajstić information content (AvgIpc) is 2.18. The Labute approximate surface area is 94.5 Å². The number of methoxy groups -OCH3 is 1. The smallest absolute Gasteiger partial charge is 0.308 e. The molecule has 2 nitrogen and oxygen atoms in total. The molecule has 0 aliphatic rings. The first kappa shape index (κ1) is 11.5. The molecule has 14 heavy (non-hydrogen) atoms. The van der Waals surface area contributed by atoms with Crippen LogP contribution in [-0.2, 0) is 13.6 Å². The third kappa shape index (κ3) is 2.96. The van der Waals surface area contributed by atoms with Crippen molar-refractivity contribution in [1.82, 2.24) is 0 Å². The van der Waals surface area contributed by atoms with Crippen molar-refractivity contribution in [3.63, 3.8) is 0 Å². The molecule has 0 N–H and O–H groups in total. The predicted octanol–water partition coefficient (Wildman–Crippen LogP) is 2.26. The van der Waals surface area contributed by atoms with Gasteiger partial charge in [-0.05, 0) is 5.56 Å². The fourth-order valence-corrected chi connectivity index (χ4v) is 1.64. The highest BCUT2D eigenvalue weighted by Crippen LogP contribution is 2.36. The largest absolute Gasteiger partial charge is 0.469 e. The van der Waals surface area contributed by atoms with Gasteiger partial charge in [0.05, 0.1) is 17.6 Å². The van der Waals surface area contributed by atoms with Crippen LogP contribution in [0.1, 0.15) is 12.0 Å². The zero-order valence-corrected chi connectivity index (χ0v) is 9.59. The minimum Gasteiger partial charge on any atom is -0.469 e. The van der Waals surface area contributed by atoms with Gasteiger partial charge < -0.3 is 4.74 Å². The van der Waals surface area contributed by atoms with Gasteiger partial charge in [0.1, 0.15) is 0 Å². The monoisotopic (exact) mass is 228 g/mol. The summed E-state index contributed by atoms with van der Waals surface area (Å²) in [4.78, 5) is 11.1. The molecule has 0 atom stereocenters. The van der Waals surface area contributed by atoms with Crippen molar-refractivity contribution in [2.75, 3.05) is 7.11 Å². The van der Waals surface area contributed by atoms with Crippen LogP contribution in [-0.4, -0.2) is 13.1 Å². The lowest BCUT2D eigenvalue weighted by Gasteiger charge is -2.21. The van der Waals surface area contributed by atoms with Gasteiger partial charge >= 0.3 is 5.97 Å². The molecule has 0 bridgehead atoms. The zero-order valence-electron chi connectivity index (χ0n) is 7.80. The molecule has 0 saturated heterocycles. The van der Waals surface area contributed by atoms with Gasteiger partial charge in [-0.1, -0.05) is 30.3 Å². The Morgan fingerprint density at radius 1 is 1.36 bits per heavy atom. The standard InChI is InChI=1S/C10H12O2S2/c1-12-9(11)7-10(13,14)8-5-3-2-4-6-8/h2-6,13-14H,7H2,1H3. The summed E-state index contributed by atoms with van der Waals surface area (Å²) in [7, 11) is 1.35. The molecular formula is C10H12O2S2. The highest BCUT2D eigenvalue weighted by atomic mass is 32.2. The van der Waals surface area contributed by atoms with Gasteiger partial charge in [0.2, 0.25) is 0 Å². The number of ether oxygens (including phenoxy) is 1. The van der Waals surface area contributed by atoms with Crippen molar-refractivity contribution in [2.24, 2.45) is 0 Å². The summed E-state index contributed by atoms with van der Waals surface area (Å²) in [5.74, 6) is -0.321. The van der Waals surface area contributed by atoms with Gasteiger partial charge in [0, 0.05) is 0 Å². The maximum atomic E-state index is 11.1. The lowest BCUT2D eigenvalue weighted by atomic mass is 10.1. The highest BCUT2D eigenvalue weighted by molar-refractivity contribution is 7.99. The van der Waals surface area contributed by atoms with E-state index < -0.39 is 4.08 Å². The Balaban J connectivity index is 2.80. The number of esters is 1. The van der Waals surface area contributed by atoms with Crippen molar-refractivity contribution in [3.05, 3.63) is 35.9 Å². The molecule has 76 valence electrons. The molecule has 0 aliphatic heterocycles. The first-order chi connectivity index (χ1) is 6.56. The van der Waals surface area contributed by atoms with Crippen LogP contribution in [0, 0.1) is 0 Å². The quantitative estimate of drug-likeness (QED) is 0.471. The molecule has 1 aromatic carbocycles. The van der Waals surface area contributed by atoms with E-state index in [4.69, 9.17) is 0 Å². The van der Waals surface area contributed by atoms with E-state index in [1.807, 2.05) is 30.3 Å². The van der Waals surface area contributed by atoms with Crippen molar-refractivity contribution in [1.29, 1.82) is 0 Å². The summed E-state index contributed by atoms with van der Waals surface area (Å²) < 4.78 is 3.80. The third-order valence-corrected chi connectivity index (χ3v) is 2.69. The molecule has 0 radical (unpaired) electrons. The Kier molecular flexibility index (Phi) is 3.89. The van der Waals surface area contributed by atoms with Crippen molar-refractivity contribution < 1.29 is 9.53 Å². The first-order valence-electron chi connectivity index (χ1n) is 4.13. The van der Waals surface area contributed by atoms with Crippen LogP contribution in [0.25, 0.3) is 0 Å². The van der Waals surface area contributed by atoms with Gasteiger partial charge in [0.25, 0.3) is 0 Å². The van der Waals surface area contributed by atoms with E-state index in [0.717, 1.165) is 5.56 Å². The van der Waals surface area contributed by atoms with E-state index >= 15 is 0 Å². The second kappa shape index (κ2) is 4.75. The maximum Gasteiger partial charge on any atom is 0.308 e. The SMILES string of the molecule is COC(=O)CC(S)(S)c1ccccc1. The Morgan fingerprint density at radius 3 is 2.43 bits per heavy atom. The molecule has 0 saturated carbocycles. The second-order valence-corrected chi connectivity index (χ2v) is 4.82. The van der Waals surface area contributed by atoms with Gasteiger partial charge in [-0.3, -0.25) is 4.79 Å². The van der Waals surface area contributed by atoms with Crippen LogP contribution in [0.5, 0.6) is 0 Å². The number of thiol groups is 2. The van der Waals surface area contributed by atoms with Gasteiger partial charge in [0.15, 0.2) is 0 Å². The Bertz CT molecular complexity index is 309. The van der Waals surface area contributed by atoms with E-state index in [-0.39, 0.29) is 12.4 Å². The van der Waals surface area contributed by atoms with Crippen molar-refractivity contribution in [3.8, 4) is 0 Å². The summed E-state index contributed by atoms with van der Waals surface area (Å²) in [6, 6.07) is 9.42. The summed E-state index contributed by atoms with van der Waals surface area (Å²) in [5, 5.41) is 0. The van der Waals surface area contributed by atoms with E-state index in [9.17, 15) is 4.79 Å². The Hall–Kier alpha value is -0.610. The average molecular weight is 228 g/mol. The van der Waals surface area contributed by atoms with Crippen LogP contribution < -0.4 is 0 Å². The van der Waals surface area contributed by atoms with Crippen molar-refractivity contribution >= 4 is 31.2 Å². The van der Waals surface area contributed by atoms with Crippen molar-refractivity contribution in [2.45, 2.75) is 10.5 Å². The van der Waals surface area contributed by atoms with Crippen LogP contribution in [0.2, 0.25) is 0 Å². The molecule has 0 fully saturated rings. The molecule has 0 amide bonds. The number of hydrogen-bond donors (Lipinski definition) is 2. The highest BCUT2D eigenvalue weighted by Gasteiger charge is 2.26. The minimum absolute atomic E-state index is 0.139. The fraction of sp³-hybridized carbons (Fsp3) is 0.300. The van der Waals surface area contributed by atoms with Gasteiger partial charge in [-0.15, -0.1) is 0 Å². The molecular weight excluding hydrogens is 216 g/mol. The third-order valence-electron chi connectivity index (χ3n) is 1.85. The molecule has 0 aromatic heterocycles. The van der Waals surface area contributed by atoms with Gasteiger partial charge in [-0.2, -0.15) is 25.3 Å². The fourth-order valence-electron chi connectivity index (χ4n) is 1.08. The summed E-state index contributed by atoms with van der Waals surface area (Å²) in [6.07, 6.45) is 0.139. The van der Waals surface area contributed by atoms with Crippen LogP contribution in [0.3, 0.4) is 0 Å². The molecule has 1 aromatic rings. The van der Waals surface area contributed by atoms with E-state index in [1.165, 1.54) is 7.11 Å². The Morgan fingerprint density at radius 2 is 1.93 bits per heavy atom. The molecule has 4 heteroatoms. The molecule has 0 aliphatic carbocycles. The summed E-state index contributed by atoms with van der Waals surface area (Å²) in [5.41, 5.74) is 0.886. The second-order valence-electron chi connectivity index (χ2n) is 2.94. The molecule has 0 spiro atoms. The van der Waals surface area contributed by atoms with Gasteiger partial charge in [-0.25, -0.2) is 0 Å². The van der Waals surface area contributed by atoms with E-state index in [1.54, 1.807) is 0 Å². The number of hydrogen-bond acceptors (Lipinski definition) is 4. The predicted molar refractivity (Wildman–Crippen MR) is 62.7 cm³/mol. The lowest BCUT2D eigenvalue weighted by Crippen LogP contribution is -2.17. The lowest BCUT2D eigenvalue weighted by molar-refractivity contribution is -0.140. The first-order valence-corrected chi connectivity index (χ1v) is 5.03. The molecule has 0 unspecified atom stereocenters. The normalized spacial score (nSPS) is 11.1. The van der Waals surface area contributed by atoms with Crippen LogP contribution >= 0.6 is 25.3 Å². The number of rotatable bonds is 3. The number of benzene rings is 1. The van der Waals surface area contributed by atoms with E-state index in [0.29, 0.717) is 0 Å². The maximum absolute atomic E-state index is 11.1. The topological polar surface area (TPSA) is 26.3 Å². The molecule has 1 rings (SSSR count). The molecule has 0 heterocycles. The summed E-state index contributed by atoms with van der Waals surface area (Å²) in [6.45, 7) is 0. The van der Waals surface area contributed by atoms with Crippen LogP contribution in [0.15, 0.2) is 30.3 Å². The van der Waals surface area contributed by atoms with Crippen LogP contribution in [0.4, 0.5) is 0 Å². The van der Waals surface area contributed by atoms with E-state index in [2.05, 4.69) is 30.0 Å². The number of carbonyl (C=O) groups is 1. The summed E-state index contributed by atoms with van der Waals surface area (Å²) >= 11 is 8.67. The zero-order chi connectivity index (χ0) is 10.6.